The quantitative estimate of drug-likeness (QED) is 0.615. The monoisotopic (exact) mass is 302 g/mol. The lowest BCUT2D eigenvalue weighted by molar-refractivity contribution is 0.481. The van der Waals surface area contributed by atoms with Gasteiger partial charge in [-0.2, -0.15) is 5.10 Å². The van der Waals surface area contributed by atoms with Gasteiger partial charge in [0, 0.05) is 18.2 Å². The van der Waals surface area contributed by atoms with Crippen LogP contribution < -0.4 is 10.0 Å². The van der Waals surface area contributed by atoms with Gasteiger partial charge in [0.15, 0.2) is 5.03 Å². The highest BCUT2D eigenvalue weighted by molar-refractivity contribution is 7.89. The van der Waals surface area contributed by atoms with Gasteiger partial charge in [-0.3, -0.25) is 5.10 Å². The fourth-order valence-electron chi connectivity index (χ4n) is 2.19. The summed E-state index contributed by atoms with van der Waals surface area (Å²) in [6.45, 7) is 4.65. The molecule has 0 amide bonds. The Morgan fingerprint density at radius 3 is 2.65 bits per heavy atom. The van der Waals surface area contributed by atoms with Crippen LogP contribution in [-0.4, -0.2) is 31.7 Å². The molecule has 0 saturated carbocycles. The molecule has 1 rings (SSSR count). The van der Waals surface area contributed by atoms with E-state index in [9.17, 15) is 8.42 Å². The Bertz CT molecular complexity index is 484. The zero-order valence-corrected chi connectivity index (χ0v) is 13.4. The van der Waals surface area contributed by atoms with Crippen LogP contribution in [-0.2, 0) is 16.6 Å². The minimum absolute atomic E-state index is 0.00399. The normalized spacial score (nSPS) is 13.6. The highest BCUT2D eigenvalue weighted by Gasteiger charge is 2.23. The first-order chi connectivity index (χ1) is 9.55. The molecule has 1 aromatic rings. The molecule has 0 fully saturated rings. The van der Waals surface area contributed by atoms with E-state index in [0.717, 1.165) is 32.1 Å². The van der Waals surface area contributed by atoms with Gasteiger partial charge >= 0.3 is 0 Å². The predicted octanol–water partition coefficient (Wildman–Crippen LogP) is 1.77. The van der Waals surface area contributed by atoms with E-state index < -0.39 is 10.0 Å². The molecule has 116 valence electrons. The topological polar surface area (TPSA) is 86.9 Å². The van der Waals surface area contributed by atoms with Crippen molar-refractivity contribution in [2.75, 3.05) is 7.05 Å². The van der Waals surface area contributed by atoms with Gasteiger partial charge < -0.3 is 5.32 Å². The van der Waals surface area contributed by atoms with E-state index in [4.69, 9.17) is 0 Å². The Morgan fingerprint density at radius 2 is 2.05 bits per heavy atom. The van der Waals surface area contributed by atoms with Crippen LogP contribution in [0.15, 0.2) is 11.2 Å². The van der Waals surface area contributed by atoms with Crippen LogP contribution in [0.25, 0.3) is 0 Å². The lowest BCUT2D eigenvalue weighted by Crippen LogP contribution is -2.35. The Kier molecular flexibility index (Phi) is 7.18. The molecule has 6 nitrogen and oxygen atoms in total. The van der Waals surface area contributed by atoms with Crippen molar-refractivity contribution in [2.24, 2.45) is 0 Å². The van der Waals surface area contributed by atoms with Gasteiger partial charge in [-0.25, -0.2) is 13.1 Å². The lowest BCUT2D eigenvalue weighted by atomic mass is 10.1. The maximum Gasteiger partial charge on any atom is 0.258 e. The molecule has 20 heavy (non-hydrogen) atoms. The number of nitrogens with one attached hydrogen (secondary N) is 3. The summed E-state index contributed by atoms with van der Waals surface area (Å²) < 4.78 is 27.7. The first kappa shape index (κ1) is 17.1. The van der Waals surface area contributed by atoms with Gasteiger partial charge in [-0.05, 0) is 19.9 Å². The number of aromatic nitrogens is 2. The SMILES string of the molecule is CCCCC(CCC)NS(=O)(=O)c1[nH]ncc1CNC. The zero-order chi connectivity index (χ0) is 15.0. The van der Waals surface area contributed by atoms with Gasteiger partial charge in [-0.1, -0.05) is 33.1 Å². The molecule has 0 aliphatic carbocycles. The number of hydrogen-bond acceptors (Lipinski definition) is 4. The fraction of sp³-hybridized carbons (Fsp3) is 0.769. The molecule has 7 heteroatoms. The summed E-state index contributed by atoms with van der Waals surface area (Å²) >= 11 is 0. The van der Waals surface area contributed by atoms with E-state index in [1.807, 2.05) is 0 Å². The lowest BCUT2D eigenvalue weighted by Gasteiger charge is -2.17. The van der Waals surface area contributed by atoms with Gasteiger partial charge in [0.1, 0.15) is 0 Å². The van der Waals surface area contributed by atoms with Crippen molar-refractivity contribution in [1.82, 2.24) is 20.2 Å². The number of aromatic amines is 1. The van der Waals surface area contributed by atoms with Crippen molar-refractivity contribution in [3.8, 4) is 0 Å². The predicted molar refractivity (Wildman–Crippen MR) is 79.9 cm³/mol. The molecule has 1 aromatic heterocycles. The summed E-state index contributed by atoms with van der Waals surface area (Å²) in [4.78, 5) is 0. The van der Waals surface area contributed by atoms with Crippen LogP contribution >= 0.6 is 0 Å². The van der Waals surface area contributed by atoms with Gasteiger partial charge in [0.05, 0.1) is 6.20 Å². The highest BCUT2D eigenvalue weighted by Crippen LogP contribution is 2.15. The van der Waals surface area contributed by atoms with E-state index in [-0.39, 0.29) is 11.1 Å². The summed E-state index contributed by atoms with van der Waals surface area (Å²) in [6.07, 6.45) is 6.33. The zero-order valence-electron chi connectivity index (χ0n) is 12.6. The van der Waals surface area contributed by atoms with Gasteiger partial charge in [-0.15, -0.1) is 0 Å². The van der Waals surface area contributed by atoms with Crippen molar-refractivity contribution in [3.05, 3.63) is 11.8 Å². The molecule has 0 saturated heterocycles. The van der Waals surface area contributed by atoms with E-state index in [1.165, 1.54) is 0 Å². The van der Waals surface area contributed by atoms with Gasteiger partial charge in [0.2, 0.25) is 0 Å². The van der Waals surface area contributed by atoms with Gasteiger partial charge in [0.25, 0.3) is 10.0 Å². The Morgan fingerprint density at radius 1 is 1.30 bits per heavy atom. The molecule has 0 aliphatic heterocycles. The third-order valence-corrected chi connectivity index (χ3v) is 4.71. The summed E-state index contributed by atoms with van der Waals surface area (Å²) in [6, 6.07) is -0.00399. The van der Waals surface area contributed by atoms with E-state index >= 15 is 0 Å². The largest absolute Gasteiger partial charge is 0.316 e. The van der Waals surface area contributed by atoms with E-state index in [1.54, 1.807) is 13.2 Å². The summed E-state index contributed by atoms with van der Waals surface area (Å²) in [5.41, 5.74) is 0.658. The minimum atomic E-state index is -3.53. The van der Waals surface area contributed by atoms with Crippen LogP contribution in [0.3, 0.4) is 0 Å². The smallest absolute Gasteiger partial charge is 0.258 e. The summed E-state index contributed by atoms with van der Waals surface area (Å²) in [5.74, 6) is 0. The molecule has 0 radical (unpaired) electrons. The summed E-state index contributed by atoms with van der Waals surface area (Å²) in [7, 11) is -1.75. The number of sulfonamides is 1. The Balaban J connectivity index is 2.82. The first-order valence-electron chi connectivity index (χ1n) is 7.24. The molecule has 0 spiro atoms. The average molecular weight is 302 g/mol. The number of nitrogens with zero attached hydrogens (tertiary/aromatic N) is 1. The third kappa shape index (κ3) is 4.88. The second kappa shape index (κ2) is 8.39. The number of hydrogen-bond donors (Lipinski definition) is 3. The molecule has 3 N–H and O–H groups in total. The maximum atomic E-state index is 12.4. The van der Waals surface area contributed by atoms with Crippen molar-refractivity contribution >= 4 is 10.0 Å². The van der Waals surface area contributed by atoms with Crippen molar-refractivity contribution in [3.63, 3.8) is 0 Å². The van der Waals surface area contributed by atoms with Crippen molar-refractivity contribution in [2.45, 2.75) is 63.6 Å². The van der Waals surface area contributed by atoms with Crippen LogP contribution in [0.1, 0.15) is 51.5 Å². The van der Waals surface area contributed by atoms with Crippen molar-refractivity contribution < 1.29 is 8.42 Å². The maximum absolute atomic E-state index is 12.4. The molecular formula is C13H26N4O2S. The molecule has 0 aliphatic rings. The van der Waals surface area contributed by atoms with Crippen LogP contribution in [0.2, 0.25) is 0 Å². The number of H-pyrrole nitrogens is 1. The van der Waals surface area contributed by atoms with E-state index in [0.29, 0.717) is 12.1 Å². The van der Waals surface area contributed by atoms with Crippen molar-refractivity contribution in [1.29, 1.82) is 0 Å². The highest BCUT2D eigenvalue weighted by atomic mass is 32.2. The molecule has 0 bridgehead atoms. The average Bonchev–Trinajstić information content (AvgIpc) is 2.85. The van der Waals surface area contributed by atoms with E-state index in [2.05, 4.69) is 34.1 Å². The Hall–Kier alpha value is -0.920. The molecule has 1 unspecified atom stereocenters. The van der Waals surface area contributed by atoms with Crippen LogP contribution in [0.5, 0.6) is 0 Å². The van der Waals surface area contributed by atoms with Crippen LogP contribution in [0.4, 0.5) is 0 Å². The number of rotatable bonds is 10. The molecular weight excluding hydrogens is 276 g/mol. The first-order valence-corrected chi connectivity index (χ1v) is 8.72. The second-order valence-corrected chi connectivity index (χ2v) is 6.65. The minimum Gasteiger partial charge on any atom is -0.316 e. The summed E-state index contributed by atoms with van der Waals surface area (Å²) in [5, 5.41) is 9.55. The van der Waals surface area contributed by atoms with Crippen LogP contribution in [0, 0.1) is 0 Å². The Labute approximate surface area is 121 Å². The number of unbranched alkanes of at least 4 members (excludes halogenated alkanes) is 1. The molecule has 1 heterocycles. The third-order valence-electron chi connectivity index (χ3n) is 3.18. The standard InChI is InChI=1S/C13H26N4O2S/c1-4-6-8-12(7-5-2)17-20(18,19)13-11(9-14-3)10-15-16-13/h10,12,14,17H,4-9H2,1-3H3,(H,15,16). The molecule has 1 atom stereocenters. The second-order valence-electron chi connectivity index (χ2n) is 5.00. The fourth-order valence-corrected chi connectivity index (χ4v) is 3.62. The molecule has 0 aromatic carbocycles.